The quantitative estimate of drug-likeness (QED) is 0.772. The highest BCUT2D eigenvalue weighted by molar-refractivity contribution is 7.80. The molecular formula is C14H18FNOS. The Kier molecular flexibility index (Phi) is 3.95. The van der Waals surface area contributed by atoms with Crippen LogP contribution >= 0.6 is 12.6 Å². The fourth-order valence-electron chi connectivity index (χ4n) is 2.64. The van der Waals surface area contributed by atoms with Crippen LogP contribution < -0.4 is 0 Å². The molecule has 2 unspecified atom stereocenters. The number of hydrogen-bond acceptors (Lipinski definition) is 2. The summed E-state index contributed by atoms with van der Waals surface area (Å²) in [5.74, 6) is -0.689. The molecule has 1 amide bonds. The van der Waals surface area contributed by atoms with Gasteiger partial charge in [-0.05, 0) is 51.3 Å². The number of likely N-dealkylation sites (tertiary alicyclic amines) is 1. The number of carbonyl (C=O) groups excluding carboxylic acids is 1. The van der Waals surface area contributed by atoms with Gasteiger partial charge in [-0.3, -0.25) is 4.79 Å². The summed E-state index contributed by atoms with van der Waals surface area (Å²) in [5, 5.41) is 0. The SMILES string of the molecule is CC1CCCC(C)N1C(=O)c1cc(S)ccc1F. The summed E-state index contributed by atoms with van der Waals surface area (Å²) >= 11 is 4.17. The van der Waals surface area contributed by atoms with E-state index in [4.69, 9.17) is 0 Å². The highest BCUT2D eigenvalue weighted by Gasteiger charge is 2.30. The van der Waals surface area contributed by atoms with Crippen molar-refractivity contribution >= 4 is 18.5 Å². The minimum atomic E-state index is -0.470. The zero-order valence-corrected chi connectivity index (χ0v) is 11.6. The lowest BCUT2D eigenvalue weighted by atomic mass is 9.96. The van der Waals surface area contributed by atoms with Gasteiger partial charge < -0.3 is 4.90 Å². The summed E-state index contributed by atoms with van der Waals surface area (Å²) in [5.41, 5.74) is 0.128. The van der Waals surface area contributed by atoms with E-state index in [1.807, 2.05) is 13.8 Å². The maximum absolute atomic E-state index is 13.7. The molecule has 18 heavy (non-hydrogen) atoms. The molecule has 2 atom stereocenters. The summed E-state index contributed by atoms with van der Waals surface area (Å²) in [7, 11) is 0. The third-order valence-corrected chi connectivity index (χ3v) is 3.89. The van der Waals surface area contributed by atoms with Crippen molar-refractivity contribution in [2.24, 2.45) is 0 Å². The summed E-state index contributed by atoms with van der Waals surface area (Å²) in [6, 6.07) is 4.70. The molecule has 1 fully saturated rings. The lowest BCUT2D eigenvalue weighted by molar-refractivity contribution is 0.0506. The van der Waals surface area contributed by atoms with Gasteiger partial charge in [0.25, 0.3) is 5.91 Å². The average molecular weight is 267 g/mol. The molecule has 1 heterocycles. The molecule has 1 aliphatic rings. The fourth-order valence-corrected chi connectivity index (χ4v) is 2.84. The minimum absolute atomic E-state index is 0.128. The van der Waals surface area contributed by atoms with E-state index < -0.39 is 5.82 Å². The smallest absolute Gasteiger partial charge is 0.257 e. The maximum atomic E-state index is 13.7. The number of amides is 1. The van der Waals surface area contributed by atoms with E-state index in [0.717, 1.165) is 19.3 Å². The van der Waals surface area contributed by atoms with E-state index in [2.05, 4.69) is 12.6 Å². The molecule has 0 bridgehead atoms. The Morgan fingerprint density at radius 3 is 2.56 bits per heavy atom. The van der Waals surface area contributed by atoms with Crippen molar-refractivity contribution < 1.29 is 9.18 Å². The standard InChI is InChI=1S/C14H18FNOS/c1-9-4-3-5-10(2)16(9)14(17)12-8-11(18)6-7-13(12)15/h6-10,18H,3-5H2,1-2H3. The highest BCUT2D eigenvalue weighted by Crippen LogP contribution is 2.26. The van der Waals surface area contributed by atoms with Gasteiger partial charge in [0.05, 0.1) is 5.56 Å². The van der Waals surface area contributed by atoms with Crippen molar-refractivity contribution in [1.82, 2.24) is 4.90 Å². The maximum Gasteiger partial charge on any atom is 0.257 e. The summed E-state index contributed by atoms with van der Waals surface area (Å²) < 4.78 is 13.7. The van der Waals surface area contributed by atoms with Gasteiger partial charge in [0, 0.05) is 17.0 Å². The zero-order chi connectivity index (χ0) is 13.3. The van der Waals surface area contributed by atoms with E-state index in [1.165, 1.54) is 12.1 Å². The number of halogens is 1. The van der Waals surface area contributed by atoms with Crippen LogP contribution in [0.3, 0.4) is 0 Å². The van der Waals surface area contributed by atoms with Gasteiger partial charge in [-0.25, -0.2) is 4.39 Å². The Labute approximate surface area is 113 Å². The lowest BCUT2D eigenvalue weighted by Crippen LogP contribution is -2.47. The molecule has 1 aromatic rings. The normalized spacial score (nSPS) is 24.1. The number of thiol groups is 1. The number of benzene rings is 1. The molecule has 0 aromatic heterocycles. The topological polar surface area (TPSA) is 20.3 Å². The van der Waals surface area contributed by atoms with Gasteiger partial charge in [0.2, 0.25) is 0 Å². The van der Waals surface area contributed by atoms with E-state index in [1.54, 1.807) is 11.0 Å². The third-order valence-electron chi connectivity index (χ3n) is 3.61. The molecule has 4 heteroatoms. The first-order valence-corrected chi connectivity index (χ1v) is 6.76. The van der Waals surface area contributed by atoms with Crippen LogP contribution in [0.15, 0.2) is 23.1 Å². The van der Waals surface area contributed by atoms with Crippen LogP contribution in [-0.2, 0) is 0 Å². The Morgan fingerprint density at radius 2 is 1.94 bits per heavy atom. The minimum Gasteiger partial charge on any atom is -0.333 e. The van der Waals surface area contributed by atoms with Crippen LogP contribution in [0.2, 0.25) is 0 Å². The van der Waals surface area contributed by atoms with E-state index in [-0.39, 0.29) is 23.6 Å². The van der Waals surface area contributed by atoms with Gasteiger partial charge in [0.15, 0.2) is 0 Å². The highest BCUT2D eigenvalue weighted by atomic mass is 32.1. The van der Waals surface area contributed by atoms with Crippen molar-refractivity contribution in [3.8, 4) is 0 Å². The van der Waals surface area contributed by atoms with Gasteiger partial charge >= 0.3 is 0 Å². The fraction of sp³-hybridized carbons (Fsp3) is 0.500. The molecule has 0 N–H and O–H groups in total. The third kappa shape index (κ3) is 2.53. The molecule has 2 nitrogen and oxygen atoms in total. The van der Waals surface area contributed by atoms with Crippen molar-refractivity contribution in [2.45, 2.75) is 50.1 Å². The van der Waals surface area contributed by atoms with Crippen LogP contribution in [-0.4, -0.2) is 22.9 Å². The van der Waals surface area contributed by atoms with Gasteiger partial charge in [-0.15, -0.1) is 12.6 Å². The first-order chi connectivity index (χ1) is 8.50. The molecule has 98 valence electrons. The lowest BCUT2D eigenvalue weighted by Gasteiger charge is -2.39. The molecular weight excluding hydrogens is 249 g/mol. The molecule has 0 saturated carbocycles. The van der Waals surface area contributed by atoms with Crippen molar-refractivity contribution in [3.05, 3.63) is 29.6 Å². The molecule has 1 aliphatic heterocycles. The van der Waals surface area contributed by atoms with Crippen molar-refractivity contribution in [2.75, 3.05) is 0 Å². The Morgan fingerprint density at radius 1 is 1.33 bits per heavy atom. The molecule has 1 aromatic carbocycles. The van der Waals surface area contributed by atoms with Crippen LogP contribution in [0.1, 0.15) is 43.5 Å². The average Bonchev–Trinajstić information content (AvgIpc) is 2.32. The molecule has 1 saturated heterocycles. The molecule has 0 radical (unpaired) electrons. The van der Waals surface area contributed by atoms with Gasteiger partial charge in [0.1, 0.15) is 5.82 Å². The number of carbonyl (C=O) groups is 1. The Balaban J connectivity index is 2.32. The molecule has 0 aliphatic carbocycles. The van der Waals surface area contributed by atoms with E-state index in [0.29, 0.717) is 4.90 Å². The zero-order valence-electron chi connectivity index (χ0n) is 10.7. The predicted molar refractivity (Wildman–Crippen MR) is 72.6 cm³/mol. The van der Waals surface area contributed by atoms with E-state index >= 15 is 0 Å². The van der Waals surface area contributed by atoms with Gasteiger partial charge in [-0.1, -0.05) is 0 Å². The van der Waals surface area contributed by atoms with Crippen LogP contribution in [0.4, 0.5) is 4.39 Å². The van der Waals surface area contributed by atoms with Crippen LogP contribution in [0, 0.1) is 5.82 Å². The van der Waals surface area contributed by atoms with Crippen molar-refractivity contribution in [3.63, 3.8) is 0 Å². The number of piperidine rings is 1. The number of hydrogen-bond donors (Lipinski definition) is 1. The number of rotatable bonds is 1. The Hall–Kier alpha value is -1.03. The second-order valence-corrected chi connectivity index (χ2v) is 5.52. The van der Waals surface area contributed by atoms with E-state index in [9.17, 15) is 9.18 Å². The monoisotopic (exact) mass is 267 g/mol. The molecule has 2 rings (SSSR count). The second kappa shape index (κ2) is 5.31. The molecule has 0 spiro atoms. The first-order valence-electron chi connectivity index (χ1n) is 6.32. The Bertz CT molecular complexity index is 453. The largest absolute Gasteiger partial charge is 0.333 e. The summed E-state index contributed by atoms with van der Waals surface area (Å²) in [6.45, 7) is 4.05. The first kappa shape index (κ1) is 13.4. The number of nitrogens with zero attached hydrogens (tertiary/aromatic N) is 1. The second-order valence-electron chi connectivity index (χ2n) is 5.01. The van der Waals surface area contributed by atoms with Crippen molar-refractivity contribution in [1.29, 1.82) is 0 Å². The summed E-state index contributed by atoms with van der Waals surface area (Å²) in [4.78, 5) is 14.9. The van der Waals surface area contributed by atoms with Gasteiger partial charge in [-0.2, -0.15) is 0 Å². The predicted octanol–water partition coefficient (Wildman–Crippen LogP) is 3.52. The van der Waals surface area contributed by atoms with Crippen LogP contribution in [0.5, 0.6) is 0 Å². The summed E-state index contributed by atoms with van der Waals surface area (Å²) in [6.07, 6.45) is 3.09. The van der Waals surface area contributed by atoms with Crippen LogP contribution in [0.25, 0.3) is 0 Å².